The Morgan fingerprint density at radius 2 is 1.33 bits per heavy atom. The molecule has 1 heterocycles. The number of carbonyl (C=O) groups is 3. The number of anilines is 1. The van der Waals surface area contributed by atoms with Crippen molar-refractivity contribution in [2.45, 2.75) is 51.5 Å². The molecule has 10 nitrogen and oxygen atoms in total. The second-order valence-corrected chi connectivity index (χ2v) is 11.8. The van der Waals surface area contributed by atoms with Crippen LogP contribution in [0.1, 0.15) is 46.5 Å². The van der Waals surface area contributed by atoms with Crippen molar-refractivity contribution in [1.82, 2.24) is 20.8 Å². The number of allylic oxidation sites excluding steroid dienone is 3. The number of hydrogen-bond acceptors (Lipinski definition) is 8. The number of nitrogens with two attached hydrogens (primary N) is 2. The Labute approximate surface area is 273 Å². The van der Waals surface area contributed by atoms with Crippen molar-refractivity contribution in [1.29, 1.82) is 0 Å². The molecule has 4 rings (SSSR count). The lowest BCUT2D eigenvalue weighted by Crippen LogP contribution is -2.28. The molecular weight excluding hydrogens is 598 g/mol. The smallest absolute Gasteiger partial charge is 0.230 e. The van der Waals surface area contributed by atoms with Crippen LogP contribution in [0.15, 0.2) is 109 Å². The first kappa shape index (κ1) is 33.6. The first-order valence-electron chi connectivity index (χ1n) is 15.1. The second-order valence-electron chi connectivity index (χ2n) is 10.8. The molecule has 0 aliphatic carbocycles. The standard InChI is InChI=1S/C35H39N7O3S/c36-29(18-19-30(37)39-32(44)22-26-12-5-2-6-13-26)16-7-8-17-34-41-42-35(46-34)40-33(45)23-27-14-9-15-28(20-27)24-38-31(43)21-25-10-3-1-4-11-25/h1-6,9-15,18-20H,7-8,16-17,21-24,36-37H2,(H,38,43)(H,39,44)(H,40,42,45)/b29-18-,30-19+. The van der Waals surface area contributed by atoms with E-state index in [1.807, 2.05) is 84.9 Å². The molecule has 0 aliphatic heterocycles. The molecule has 0 atom stereocenters. The summed E-state index contributed by atoms with van der Waals surface area (Å²) in [5.74, 6) is -0.191. The fraction of sp³-hybridized carbons (Fsp3) is 0.229. The second kappa shape index (κ2) is 17.9. The van der Waals surface area contributed by atoms with E-state index in [-0.39, 0.29) is 36.4 Å². The minimum atomic E-state index is -0.189. The van der Waals surface area contributed by atoms with Gasteiger partial charge in [0.25, 0.3) is 0 Å². The van der Waals surface area contributed by atoms with Crippen LogP contribution in [0.4, 0.5) is 5.13 Å². The van der Waals surface area contributed by atoms with Crippen LogP contribution in [0.5, 0.6) is 0 Å². The molecule has 238 valence electrons. The predicted octanol–water partition coefficient (Wildman–Crippen LogP) is 4.29. The molecular formula is C35H39N7O3S. The van der Waals surface area contributed by atoms with Gasteiger partial charge in [-0.15, -0.1) is 10.2 Å². The highest BCUT2D eigenvalue weighted by Gasteiger charge is 2.10. The third-order valence-electron chi connectivity index (χ3n) is 6.84. The normalized spacial score (nSPS) is 11.6. The van der Waals surface area contributed by atoms with E-state index in [0.29, 0.717) is 36.6 Å². The van der Waals surface area contributed by atoms with E-state index in [4.69, 9.17) is 11.5 Å². The predicted molar refractivity (Wildman–Crippen MR) is 181 cm³/mol. The Morgan fingerprint density at radius 3 is 2.04 bits per heavy atom. The average molecular weight is 638 g/mol. The summed E-state index contributed by atoms with van der Waals surface area (Å²) in [5, 5.41) is 18.0. The van der Waals surface area contributed by atoms with Crippen LogP contribution in [0.3, 0.4) is 0 Å². The molecule has 0 saturated heterocycles. The van der Waals surface area contributed by atoms with Crippen molar-refractivity contribution in [2.75, 3.05) is 5.32 Å². The van der Waals surface area contributed by atoms with E-state index >= 15 is 0 Å². The SMILES string of the molecule is N/C(=C\C=C(/N)NC(=O)Cc1ccccc1)CCCCc1nnc(NC(=O)Cc2cccc(CNC(=O)Cc3ccccc3)c2)s1. The molecule has 0 saturated carbocycles. The maximum absolute atomic E-state index is 12.7. The van der Waals surface area contributed by atoms with E-state index in [2.05, 4.69) is 26.1 Å². The first-order valence-corrected chi connectivity index (χ1v) is 15.9. The summed E-state index contributed by atoms with van der Waals surface area (Å²) in [5.41, 5.74) is 16.3. The lowest BCUT2D eigenvalue weighted by atomic mass is 10.1. The van der Waals surface area contributed by atoms with E-state index < -0.39 is 0 Å². The summed E-state index contributed by atoms with van der Waals surface area (Å²) in [7, 11) is 0. The van der Waals surface area contributed by atoms with Crippen LogP contribution < -0.4 is 27.4 Å². The van der Waals surface area contributed by atoms with Crippen molar-refractivity contribution in [3.63, 3.8) is 0 Å². The number of aryl methyl sites for hydroxylation is 1. The Hall–Kier alpha value is -5.29. The van der Waals surface area contributed by atoms with E-state index in [9.17, 15) is 14.4 Å². The van der Waals surface area contributed by atoms with Crippen LogP contribution in [0, 0.1) is 0 Å². The molecule has 0 radical (unpaired) electrons. The molecule has 3 amide bonds. The maximum atomic E-state index is 12.7. The first-order chi connectivity index (χ1) is 22.3. The number of carbonyl (C=O) groups excluding carboxylic acids is 3. The van der Waals surface area contributed by atoms with Gasteiger partial charge in [-0.25, -0.2) is 0 Å². The van der Waals surface area contributed by atoms with Crippen molar-refractivity contribution in [2.24, 2.45) is 11.5 Å². The minimum absolute atomic E-state index is 0.0549. The lowest BCUT2D eigenvalue weighted by molar-refractivity contribution is -0.121. The Balaban J connectivity index is 1.13. The van der Waals surface area contributed by atoms with Gasteiger partial charge in [0, 0.05) is 18.7 Å². The van der Waals surface area contributed by atoms with Crippen LogP contribution in [-0.2, 0) is 46.6 Å². The number of amides is 3. The Bertz CT molecular complexity index is 1650. The van der Waals surface area contributed by atoms with Crippen LogP contribution >= 0.6 is 11.3 Å². The van der Waals surface area contributed by atoms with Gasteiger partial charge in [0.1, 0.15) is 10.8 Å². The monoisotopic (exact) mass is 637 g/mol. The largest absolute Gasteiger partial charge is 0.402 e. The highest BCUT2D eigenvalue weighted by Crippen LogP contribution is 2.18. The molecule has 0 bridgehead atoms. The average Bonchev–Trinajstić information content (AvgIpc) is 3.49. The van der Waals surface area contributed by atoms with E-state index in [0.717, 1.165) is 40.1 Å². The number of nitrogens with one attached hydrogen (secondary N) is 3. The molecule has 0 aliphatic rings. The summed E-state index contributed by atoms with van der Waals surface area (Å²) in [4.78, 5) is 37.1. The van der Waals surface area contributed by atoms with E-state index in [1.165, 1.54) is 11.3 Å². The maximum Gasteiger partial charge on any atom is 0.230 e. The number of rotatable bonds is 16. The summed E-state index contributed by atoms with van der Waals surface area (Å²) >= 11 is 1.35. The van der Waals surface area contributed by atoms with Gasteiger partial charge in [-0.3, -0.25) is 14.4 Å². The molecule has 0 spiro atoms. The van der Waals surface area contributed by atoms with Gasteiger partial charge in [-0.2, -0.15) is 0 Å². The molecule has 0 unspecified atom stereocenters. The summed E-state index contributed by atoms with van der Waals surface area (Å²) < 4.78 is 0. The van der Waals surface area contributed by atoms with E-state index in [1.54, 1.807) is 12.2 Å². The molecule has 1 aromatic heterocycles. The van der Waals surface area contributed by atoms with Gasteiger partial charge in [0.2, 0.25) is 22.9 Å². The Kier molecular flexibility index (Phi) is 13.1. The third kappa shape index (κ3) is 12.4. The third-order valence-corrected chi connectivity index (χ3v) is 7.74. The molecule has 11 heteroatoms. The van der Waals surface area contributed by atoms with Crippen molar-refractivity contribution in [3.8, 4) is 0 Å². The zero-order chi connectivity index (χ0) is 32.6. The zero-order valence-electron chi connectivity index (χ0n) is 25.6. The minimum Gasteiger partial charge on any atom is -0.402 e. The number of unbranched alkanes of at least 4 members (excludes halogenated alkanes) is 1. The van der Waals surface area contributed by atoms with Gasteiger partial charge in [0.05, 0.1) is 19.3 Å². The zero-order valence-corrected chi connectivity index (χ0v) is 26.4. The van der Waals surface area contributed by atoms with Gasteiger partial charge in [-0.05, 0) is 53.7 Å². The van der Waals surface area contributed by atoms with Crippen LogP contribution in [-0.4, -0.2) is 27.9 Å². The highest BCUT2D eigenvalue weighted by molar-refractivity contribution is 7.15. The van der Waals surface area contributed by atoms with Gasteiger partial charge < -0.3 is 27.4 Å². The quantitative estimate of drug-likeness (QED) is 0.0903. The summed E-state index contributed by atoms with van der Waals surface area (Å²) in [6.07, 6.45) is 7.11. The molecule has 3 aromatic carbocycles. The number of benzene rings is 3. The highest BCUT2D eigenvalue weighted by atomic mass is 32.1. The fourth-order valence-corrected chi connectivity index (χ4v) is 5.36. The Morgan fingerprint density at radius 1 is 0.696 bits per heavy atom. The molecule has 46 heavy (non-hydrogen) atoms. The topological polar surface area (TPSA) is 165 Å². The fourth-order valence-electron chi connectivity index (χ4n) is 4.56. The van der Waals surface area contributed by atoms with Crippen molar-refractivity contribution >= 4 is 34.2 Å². The number of hydrogen-bond donors (Lipinski definition) is 5. The van der Waals surface area contributed by atoms with Crippen molar-refractivity contribution in [3.05, 3.63) is 136 Å². The van der Waals surface area contributed by atoms with Gasteiger partial charge >= 0.3 is 0 Å². The van der Waals surface area contributed by atoms with Crippen LogP contribution in [0.25, 0.3) is 0 Å². The number of aromatic nitrogens is 2. The lowest BCUT2D eigenvalue weighted by Gasteiger charge is -2.08. The summed E-state index contributed by atoms with van der Waals surface area (Å²) in [6.45, 7) is 0.389. The van der Waals surface area contributed by atoms with Crippen molar-refractivity contribution < 1.29 is 14.4 Å². The molecule has 4 aromatic rings. The van der Waals surface area contributed by atoms with Gasteiger partial charge in [0.15, 0.2) is 0 Å². The van der Waals surface area contributed by atoms with Crippen LogP contribution in [0.2, 0.25) is 0 Å². The summed E-state index contributed by atoms with van der Waals surface area (Å²) in [6, 6.07) is 26.6. The molecule has 0 fully saturated rings. The molecule has 7 N–H and O–H groups in total. The van der Waals surface area contributed by atoms with Gasteiger partial charge in [-0.1, -0.05) is 96.3 Å². The number of nitrogens with zero attached hydrogens (tertiary/aromatic N) is 2.